The molecule has 0 bridgehead atoms. The highest BCUT2D eigenvalue weighted by Gasteiger charge is 2.16. The van der Waals surface area contributed by atoms with Gasteiger partial charge in [0, 0.05) is 6.42 Å². The van der Waals surface area contributed by atoms with Crippen LogP contribution in [-0.4, -0.2) is 13.0 Å². The second-order valence-electron chi connectivity index (χ2n) is 5.64. The molecule has 0 saturated carbocycles. The number of nitrogens with one attached hydrogen (secondary N) is 1. The molecule has 0 saturated heterocycles. The van der Waals surface area contributed by atoms with Crippen molar-refractivity contribution < 1.29 is 4.74 Å². The fourth-order valence-corrected chi connectivity index (χ4v) is 1.94. The maximum absolute atomic E-state index is 7.62. The molecule has 0 amide bonds. The summed E-state index contributed by atoms with van der Waals surface area (Å²) in [5.41, 5.74) is 5.22. The Kier molecular flexibility index (Phi) is 3.97. The Labute approximate surface area is 105 Å². The molecule has 0 atom stereocenters. The summed E-state index contributed by atoms with van der Waals surface area (Å²) in [7, 11) is 1.55. The second-order valence-corrected chi connectivity index (χ2v) is 5.64. The largest absolute Gasteiger partial charge is 0.484 e. The number of benzene rings is 1. The molecule has 0 fully saturated rings. The van der Waals surface area contributed by atoms with E-state index in [-0.39, 0.29) is 5.41 Å². The van der Waals surface area contributed by atoms with Crippen molar-refractivity contribution in [3.63, 3.8) is 0 Å². The number of aryl methyl sites for hydroxylation is 2. The molecule has 0 spiro atoms. The van der Waals surface area contributed by atoms with Gasteiger partial charge in [0.1, 0.15) is 0 Å². The van der Waals surface area contributed by atoms with Crippen molar-refractivity contribution in [2.75, 3.05) is 7.11 Å². The number of ether oxygens (including phenoxy) is 1. The van der Waals surface area contributed by atoms with Crippen LogP contribution in [0.5, 0.6) is 0 Å². The number of methoxy groups -OCH3 is 1. The van der Waals surface area contributed by atoms with E-state index < -0.39 is 0 Å². The summed E-state index contributed by atoms with van der Waals surface area (Å²) in [5, 5.41) is 7.62. The highest BCUT2D eigenvalue weighted by Crippen LogP contribution is 2.27. The molecule has 0 aromatic heterocycles. The van der Waals surface area contributed by atoms with Crippen LogP contribution in [-0.2, 0) is 16.6 Å². The van der Waals surface area contributed by atoms with E-state index in [0.29, 0.717) is 12.3 Å². The Morgan fingerprint density at radius 3 is 2.00 bits per heavy atom. The molecule has 2 heteroatoms. The van der Waals surface area contributed by atoms with E-state index in [1.54, 1.807) is 7.11 Å². The SMILES string of the molecule is COC(=N)Cc1c(C)cc(C(C)(C)C)cc1C. The van der Waals surface area contributed by atoms with Crippen molar-refractivity contribution in [1.82, 2.24) is 0 Å². The van der Waals surface area contributed by atoms with E-state index >= 15 is 0 Å². The van der Waals surface area contributed by atoms with Crippen molar-refractivity contribution in [3.8, 4) is 0 Å². The molecule has 0 aliphatic carbocycles. The zero-order valence-electron chi connectivity index (χ0n) is 11.8. The normalized spacial score (nSPS) is 11.4. The van der Waals surface area contributed by atoms with Crippen LogP contribution < -0.4 is 0 Å². The van der Waals surface area contributed by atoms with E-state index in [0.717, 1.165) is 0 Å². The average Bonchev–Trinajstić information content (AvgIpc) is 2.21. The third-order valence-corrected chi connectivity index (χ3v) is 3.15. The van der Waals surface area contributed by atoms with Crippen LogP contribution in [0.4, 0.5) is 0 Å². The molecular weight excluding hydrogens is 210 g/mol. The van der Waals surface area contributed by atoms with Crippen molar-refractivity contribution in [1.29, 1.82) is 5.41 Å². The lowest BCUT2D eigenvalue weighted by Crippen LogP contribution is -2.14. The smallest absolute Gasteiger partial charge is 0.184 e. The molecule has 2 nitrogen and oxygen atoms in total. The number of hydrogen-bond acceptors (Lipinski definition) is 2. The van der Waals surface area contributed by atoms with Crippen LogP contribution in [0.25, 0.3) is 0 Å². The Morgan fingerprint density at radius 2 is 1.65 bits per heavy atom. The minimum atomic E-state index is 0.169. The average molecular weight is 233 g/mol. The zero-order chi connectivity index (χ0) is 13.2. The van der Waals surface area contributed by atoms with Gasteiger partial charge in [-0.05, 0) is 41.5 Å². The third-order valence-electron chi connectivity index (χ3n) is 3.15. The first-order chi connectivity index (χ1) is 7.75. The molecule has 0 radical (unpaired) electrons. The molecule has 0 aliphatic rings. The van der Waals surface area contributed by atoms with Crippen LogP contribution in [0.2, 0.25) is 0 Å². The van der Waals surface area contributed by atoms with Crippen molar-refractivity contribution in [2.24, 2.45) is 0 Å². The Morgan fingerprint density at radius 1 is 1.18 bits per heavy atom. The van der Waals surface area contributed by atoms with Gasteiger partial charge in [-0.3, -0.25) is 5.41 Å². The molecule has 0 aliphatic heterocycles. The van der Waals surface area contributed by atoms with Gasteiger partial charge < -0.3 is 4.74 Å². The molecule has 1 rings (SSSR count). The fourth-order valence-electron chi connectivity index (χ4n) is 1.94. The quantitative estimate of drug-likeness (QED) is 0.612. The van der Waals surface area contributed by atoms with Crippen LogP contribution in [0.1, 0.15) is 43.0 Å². The Bertz CT molecular complexity index is 404. The summed E-state index contributed by atoms with van der Waals surface area (Å²) in [4.78, 5) is 0. The van der Waals surface area contributed by atoms with Gasteiger partial charge in [0.15, 0.2) is 5.90 Å². The molecule has 0 heterocycles. The molecule has 1 aromatic rings. The van der Waals surface area contributed by atoms with E-state index in [9.17, 15) is 0 Å². The number of hydrogen-bond donors (Lipinski definition) is 1. The predicted octanol–water partition coefficient (Wildman–Crippen LogP) is 3.77. The summed E-state index contributed by atoms with van der Waals surface area (Å²) >= 11 is 0. The maximum Gasteiger partial charge on any atom is 0.184 e. The molecule has 1 N–H and O–H groups in total. The van der Waals surface area contributed by atoms with Gasteiger partial charge in [-0.15, -0.1) is 0 Å². The Balaban J connectivity index is 3.15. The monoisotopic (exact) mass is 233 g/mol. The first-order valence-corrected chi connectivity index (χ1v) is 5.97. The maximum atomic E-state index is 7.62. The van der Waals surface area contributed by atoms with E-state index in [4.69, 9.17) is 10.1 Å². The topological polar surface area (TPSA) is 33.1 Å². The van der Waals surface area contributed by atoms with E-state index in [1.165, 1.54) is 22.3 Å². The number of rotatable bonds is 2. The fraction of sp³-hybridized carbons (Fsp3) is 0.533. The van der Waals surface area contributed by atoms with Gasteiger partial charge in [0.2, 0.25) is 0 Å². The first kappa shape index (κ1) is 13.8. The summed E-state index contributed by atoms with van der Waals surface area (Å²) in [6.07, 6.45) is 0.582. The highest BCUT2D eigenvalue weighted by atomic mass is 16.5. The van der Waals surface area contributed by atoms with Gasteiger partial charge in [-0.25, -0.2) is 0 Å². The summed E-state index contributed by atoms with van der Waals surface area (Å²) in [5.74, 6) is 0.319. The predicted molar refractivity (Wildman–Crippen MR) is 73.1 cm³/mol. The molecule has 1 aromatic carbocycles. The zero-order valence-corrected chi connectivity index (χ0v) is 11.8. The molecule has 94 valence electrons. The van der Waals surface area contributed by atoms with E-state index in [2.05, 4.69) is 46.8 Å². The Hall–Kier alpha value is -1.31. The van der Waals surface area contributed by atoms with E-state index in [1.807, 2.05) is 0 Å². The molecule has 17 heavy (non-hydrogen) atoms. The van der Waals surface area contributed by atoms with Gasteiger partial charge in [0.25, 0.3) is 0 Å². The van der Waals surface area contributed by atoms with Crippen LogP contribution >= 0.6 is 0 Å². The van der Waals surface area contributed by atoms with Crippen molar-refractivity contribution >= 4 is 5.90 Å². The molecule has 0 unspecified atom stereocenters. The minimum Gasteiger partial charge on any atom is -0.484 e. The van der Waals surface area contributed by atoms with Crippen molar-refractivity contribution in [2.45, 2.75) is 46.5 Å². The first-order valence-electron chi connectivity index (χ1n) is 5.97. The lowest BCUT2D eigenvalue weighted by atomic mass is 9.83. The van der Waals surface area contributed by atoms with Gasteiger partial charge in [-0.1, -0.05) is 32.9 Å². The van der Waals surface area contributed by atoms with Gasteiger partial charge >= 0.3 is 0 Å². The minimum absolute atomic E-state index is 0.169. The van der Waals surface area contributed by atoms with Crippen LogP contribution in [0, 0.1) is 19.3 Å². The van der Waals surface area contributed by atoms with Crippen LogP contribution in [0.15, 0.2) is 12.1 Å². The van der Waals surface area contributed by atoms with Gasteiger partial charge in [0.05, 0.1) is 7.11 Å². The summed E-state index contributed by atoms with van der Waals surface area (Å²) in [6.45, 7) is 10.9. The van der Waals surface area contributed by atoms with Gasteiger partial charge in [-0.2, -0.15) is 0 Å². The highest BCUT2D eigenvalue weighted by molar-refractivity contribution is 5.76. The second kappa shape index (κ2) is 4.91. The lowest BCUT2D eigenvalue weighted by Gasteiger charge is -2.22. The van der Waals surface area contributed by atoms with Crippen molar-refractivity contribution in [3.05, 3.63) is 34.4 Å². The molecular formula is C15H23NO. The summed E-state index contributed by atoms with van der Waals surface area (Å²) < 4.78 is 4.94. The summed E-state index contributed by atoms with van der Waals surface area (Å²) in [6, 6.07) is 4.45. The van der Waals surface area contributed by atoms with Crippen LogP contribution in [0.3, 0.4) is 0 Å². The lowest BCUT2D eigenvalue weighted by molar-refractivity contribution is 0.390. The standard InChI is InChI=1S/C15H23NO/c1-10-7-12(15(3,4)5)8-11(2)13(10)9-14(16)17-6/h7-8,16H,9H2,1-6H3. The third kappa shape index (κ3) is 3.32.